The van der Waals surface area contributed by atoms with Crippen LogP contribution in [0, 0.1) is 11.8 Å². The van der Waals surface area contributed by atoms with Crippen LogP contribution in [0.5, 0.6) is 0 Å². The van der Waals surface area contributed by atoms with Crippen molar-refractivity contribution in [1.29, 1.82) is 0 Å². The molecule has 2 unspecified atom stereocenters. The van der Waals surface area contributed by atoms with E-state index in [9.17, 15) is 19.5 Å². The van der Waals surface area contributed by atoms with E-state index in [1.54, 1.807) is 16.7 Å². The molecule has 3 aliphatic heterocycles. The number of hydrogen-bond donors (Lipinski definition) is 3. The molecule has 0 aliphatic carbocycles. The van der Waals surface area contributed by atoms with Crippen LogP contribution in [0.3, 0.4) is 0 Å². The Bertz CT molecular complexity index is 1420. The van der Waals surface area contributed by atoms with Gasteiger partial charge in [-0.3, -0.25) is 14.4 Å². The number of aliphatic hydroxyl groups excluding tert-OH is 1. The standard InChI is InChI=1S/C33H35N3O4S/c1-32-17-18-33(41-32)27(26(32)29(38)34-19-22-11-5-2-6-12-22)31(40)36(25(21-37)24-15-9-4-10-16-24)28(33)30(39)35-20-23-13-7-3-8-14-23/h2-16,25-28,37H,17-21H2,1H3,(H,34,38)(H,35,39)/t25-,26-,27+,28?,32+,33?/m1/s1. The van der Waals surface area contributed by atoms with Gasteiger partial charge in [-0.1, -0.05) is 91.0 Å². The van der Waals surface area contributed by atoms with Crippen molar-refractivity contribution in [3.05, 3.63) is 108 Å². The summed E-state index contributed by atoms with van der Waals surface area (Å²) in [6.07, 6.45) is 1.39. The minimum Gasteiger partial charge on any atom is -0.394 e. The number of carbonyl (C=O) groups is 3. The Morgan fingerprint density at radius 1 is 0.878 bits per heavy atom. The van der Waals surface area contributed by atoms with Gasteiger partial charge in [0.15, 0.2) is 0 Å². The summed E-state index contributed by atoms with van der Waals surface area (Å²) in [6, 6.07) is 27.2. The molecule has 3 aliphatic rings. The van der Waals surface area contributed by atoms with E-state index in [-0.39, 0.29) is 24.3 Å². The molecular weight excluding hydrogens is 534 g/mol. The Labute approximate surface area is 244 Å². The Kier molecular flexibility index (Phi) is 7.38. The maximum atomic E-state index is 14.5. The fourth-order valence-corrected chi connectivity index (χ4v) is 9.55. The fraction of sp³-hybridized carbons (Fsp3) is 0.364. The summed E-state index contributed by atoms with van der Waals surface area (Å²) in [6.45, 7) is 2.44. The molecule has 41 heavy (non-hydrogen) atoms. The number of thioether (sulfide) groups is 1. The molecule has 6 rings (SSSR count). The lowest BCUT2D eigenvalue weighted by molar-refractivity contribution is -0.143. The first kappa shape index (κ1) is 27.5. The molecule has 7 nitrogen and oxygen atoms in total. The van der Waals surface area contributed by atoms with Crippen LogP contribution in [0.1, 0.15) is 42.5 Å². The third-order valence-corrected chi connectivity index (χ3v) is 11.0. The number of nitrogens with zero attached hydrogens (tertiary/aromatic N) is 1. The zero-order chi connectivity index (χ0) is 28.6. The normalized spacial score (nSPS) is 28.8. The maximum absolute atomic E-state index is 14.5. The molecule has 3 saturated heterocycles. The van der Waals surface area contributed by atoms with E-state index < -0.39 is 33.4 Å². The maximum Gasteiger partial charge on any atom is 0.244 e. The van der Waals surface area contributed by atoms with Gasteiger partial charge >= 0.3 is 0 Å². The predicted molar refractivity (Wildman–Crippen MR) is 158 cm³/mol. The monoisotopic (exact) mass is 569 g/mol. The van der Waals surface area contributed by atoms with Crippen molar-refractivity contribution >= 4 is 29.5 Å². The first-order valence-electron chi connectivity index (χ1n) is 14.2. The minimum atomic E-state index is -0.820. The lowest BCUT2D eigenvalue weighted by Gasteiger charge is -2.37. The molecule has 1 spiro atoms. The molecule has 3 amide bonds. The average Bonchev–Trinajstić information content (AvgIpc) is 3.57. The molecular formula is C33H35N3O4S. The molecule has 3 aromatic rings. The summed E-state index contributed by atoms with van der Waals surface area (Å²) in [5.41, 5.74) is 2.70. The van der Waals surface area contributed by atoms with Crippen molar-refractivity contribution < 1.29 is 19.5 Å². The molecule has 3 heterocycles. The van der Waals surface area contributed by atoms with Gasteiger partial charge in [-0.15, -0.1) is 11.8 Å². The van der Waals surface area contributed by atoms with E-state index in [2.05, 4.69) is 17.6 Å². The summed E-state index contributed by atoms with van der Waals surface area (Å²) in [4.78, 5) is 44.1. The molecule has 3 aromatic carbocycles. The van der Waals surface area contributed by atoms with Crippen molar-refractivity contribution in [3.8, 4) is 0 Å². The SMILES string of the molecule is C[C@@]12CCC3(S1)C(C(=O)NCc1ccccc1)N([C@H](CO)c1ccccc1)C(=O)[C@@H]3[C@@H]2C(=O)NCc1ccccc1. The Hall–Kier alpha value is -3.62. The van der Waals surface area contributed by atoms with Gasteiger partial charge in [0.05, 0.1) is 29.2 Å². The van der Waals surface area contributed by atoms with Crippen molar-refractivity contribution in [1.82, 2.24) is 15.5 Å². The molecule has 0 aromatic heterocycles. The molecule has 212 valence electrons. The molecule has 0 radical (unpaired) electrons. The minimum absolute atomic E-state index is 0.158. The van der Waals surface area contributed by atoms with E-state index in [1.165, 1.54) is 0 Å². The molecule has 0 saturated carbocycles. The lowest BCUT2D eigenvalue weighted by Crippen LogP contribution is -2.54. The first-order valence-corrected chi connectivity index (χ1v) is 15.0. The average molecular weight is 570 g/mol. The quantitative estimate of drug-likeness (QED) is 0.364. The van der Waals surface area contributed by atoms with Gasteiger partial charge in [0, 0.05) is 17.8 Å². The number of carbonyl (C=O) groups excluding carboxylic acids is 3. The van der Waals surface area contributed by atoms with Crippen LogP contribution >= 0.6 is 11.8 Å². The van der Waals surface area contributed by atoms with Gasteiger partial charge in [0.2, 0.25) is 17.7 Å². The smallest absolute Gasteiger partial charge is 0.244 e. The zero-order valence-electron chi connectivity index (χ0n) is 23.0. The first-order chi connectivity index (χ1) is 19.9. The number of hydrogen-bond acceptors (Lipinski definition) is 5. The van der Waals surface area contributed by atoms with Crippen molar-refractivity contribution in [3.63, 3.8) is 0 Å². The van der Waals surface area contributed by atoms with E-state index in [0.29, 0.717) is 19.5 Å². The summed E-state index contributed by atoms with van der Waals surface area (Å²) in [5.74, 6) is -1.88. The van der Waals surface area contributed by atoms with Gasteiger partial charge in [-0.05, 0) is 36.5 Å². The third-order valence-electron chi connectivity index (χ3n) is 9.06. The topological polar surface area (TPSA) is 98.7 Å². The van der Waals surface area contributed by atoms with E-state index in [4.69, 9.17) is 0 Å². The molecule has 6 atom stereocenters. The Morgan fingerprint density at radius 2 is 1.41 bits per heavy atom. The highest BCUT2D eigenvalue weighted by molar-refractivity contribution is 8.02. The number of rotatable bonds is 9. The van der Waals surface area contributed by atoms with Gasteiger partial charge in [-0.2, -0.15) is 0 Å². The number of amides is 3. The summed E-state index contributed by atoms with van der Waals surface area (Å²) >= 11 is 1.63. The number of fused-ring (bicyclic) bond motifs is 1. The largest absolute Gasteiger partial charge is 0.394 e. The van der Waals surface area contributed by atoms with Crippen LogP contribution in [0.15, 0.2) is 91.0 Å². The van der Waals surface area contributed by atoms with Gasteiger partial charge in [0.25, 0.3) is 0 Å². The highest BCUT2D eigenvalue weighted by Gasteiger charge is 2.77. The lowest BCUT2D eigenvalue weighted by atomic mass is 9.66. The van der Waals surface area contributed by atoms with Gasteiger partial charge < -0.3 is 20.6 Å². The van der Waals surface area contributed by atoms with Crippen LogP contribution in [-0.2, 0) is 27.5 Å². The highest BCUT2D eigenvalue weighted by atomic mass is 32.2. The number of nitrogens with one attached hydrogen (secondary N) is 2. The Balaban J connectivity index is 1.35. The number of aliphatic hydroxyl groups is 1. The number of benzene rings is 3. The second-order valence-electron chi connectivity index (χ2n) is 11.5. The van der Waals surface area contributed by atoms with Crippen LogP contribution in [0.2, 0.25) is 0 Å². The van der Waals surface area contributed by atoms with Crippen LogP contribution in [0.25, 0.3) is 0 Å². The van der Waals surface area contributed by atoms with Crippen molar-refractivity contribution in [2.24, 2.45) is 11.8 Å². The van der Waals surface area contributed by atoms with Crippen molar-refractivity contribution in [2.45, 2.75) is 54.4 Å². The van der Waals surface area contributed by atoms with E-state index in [0.717, 1.165) is 23.1 Å². The zero-order valence-corrected chi connectivity index (χ0v) is 23.8. The second kappa shape index (κ2) is 11.0. The molecule has 3 fully saturated rings. The summed E-state index contributed by atoms with van der Waals surface area (Å²) in [7, 11) is 0. The van der Waals surface area contributed by atoms with Crippen LogP contribution in [0.4, 0.5) is 0 Å². The second-order valence-corrected chi connectivity index (χ2v) is 13.4. The summed E-state index contributed by atoms with van der Waals surface area (Å²) in [5, 5.41) is 16.8. The number of likely N-dealkylation sites (tertiary alicyclic amines) is 1. The van der Waals surface area contributed by atoms with E-state index in [1.807, 2.05) is 91.0 Å². The van der Waals surface area contributed by atoms with Gasteiger partial charge in [-0.25, -0.2) is 0 Å². The molecule has 3 N–H and O–H groups in total. The fourth-order valence-electron chi connectivity index (χ4n) is 7.21. The van der Waals surface area contributed by atoms with Gasteiger partial charge in [0.1, 0.15) is 6.04 Å². The van der Waals surface area contributed by atoms with Crippen LogP contribution in [-0.4, -0.2) is 49.9 Å². The van der Waals surface area contributed by atoms with Crippen LogP contribution < -0.4 is 10.6 Å². The highest BCUT2D eigenvalue weighted by Crippen LogP contribution is 2.72. The Morgan fingerprint density at radius 3 is 1.98 bits per heavy atom. The van der Waals surface area contributed by atoms with Crippen molar-refractivity contribution in [2.75, 3.05) is 6.61 Å². The third kappa shape index (κ3) is 4.73. The molecule has 8 heteroatoms. The summed E-state index contributed by atoms with van der Waals surface area (Å²) < 4.78 is -1.23. The predicted octanol–water partition coefficient (Wildman–Crippen LogP) is 3.83. The van der Waals surface area contributed by atoms with E-state index >= 15 is 0 Å². The molecule has 2 bridgehead atoms.